The molecule has 2 aromatic carbocycles. The Morgan fingerprint density at radius 3 is 2.62 bits per heavy atom. The molecule has 0 saturated carbocycles. The molecule has 0 atom stereocenters. The van der Waals surface area contributed by atoms with Gasteiger partial charge in [-0.2, -0.15) is 0 Å². The number of fused-ring (bicyclic) bond motifs is 1. The molecule has 0 aliphatic rings. The summed E-state index contributed by atoms with van der Waals surface area (Å²) in [6.45, 7) is 2.29. The first-order chi connectivity index (χ1) is 12.8. The van der Waals surface area contributed by atoms with E-state index >= 15 is 0 Å². The average Bonchev–Trinajstić information content (AvgIpc) is 3.28. The molecule has 130 valence electrons. The molecule has 0 N–H and O–H groups in total. The Hall–Kier alpha value is -3.21. The SMILES string of the molecule is CCCc1nnc(-c2cc3ccccc3n2CC(=O)c2ccccc2)o1. The Balaban J connectivity index is 1.77. The van der Waals surface area contributed by atoms with Gasteiger partial charge in [0.1, 0.15) is 5.69 Å². The molecule has 5 heteroatoms. The molecule has 0 radical (unpaired) electrons. The fraction of sp³-hybridized carbons (Fsp3) is 0.190. The van der Waals surface area contributed by atoms with Crippen LogP contribution in [-0.2, 0) is 13.0 Å². The van der Waals surface area contributed by atoms with Crippen molar-refractivity contribution in [3.05, 3.63) is 72.1 Å². The van der Waals surface area contributed by atoms with E-state index in [9.17, 15) is 4.79 Å². The van der Waals surface area contributed by atoms with Crippen LogP contribution in [-0.4, -0.2) is 20.5 Å². The van der Waals surface area contributed by atoms with Gasteiger partial charge in [0, 0.05) is 22.9 Å². The Bertz CT molecular complexity index is 1050. The van der Waals surface area contributed by atoms with E-state index < -0.39 is 0 Å². The summed E-state index contributed by atoms with van der Waals surface area (Å²) in [5, 5.41) is 9.35. The van der Waals surface area contributed by atoms with E-state index in [-0.39, 0.29) is 12.3 Å². The maximum atomic E-state index is 12.8. The molecule has 0 spiro atoms. The van der Waals surface area contributed by atoms with Crippen LogP contribution in [0.1, 0.15) is 29.6 Å². The van der Waals surface area contributed by atoms with E-state index in [1.165, 1.54) is 0 Å². The number of nitrogens with zero attached hydrogens (tertiary/aromatic N) is 3. The van der Waals surface area contributed by atoms with Crippen LogP contribution >= 0.6 is 0 Å². The van der Waals surface area contributed by atoms with Crippen molar-refractivity contribution in [2.24, 2.45) is 0 Å². The van der Waals surface area contributed by atoms with E-state index in [1.54, 1.807) is 0 Å². The highest BCUT2D eigenvalue weighted by molar-refractivity contribution is 5.97. The number of aromatic nitrogens is 3. The first-order valence-electron chi connectivity index (χ1n) is 8.75. The van der Waals surface area contributed by atoms with E-state index in [0.29, 0.717) is 17.3 Å². The van der Waals surface area contributed by atoms with Crippen LogP contribution in [0.2, 0.25) is 0 Å². The predicted octanol–water partition coefficient (Wildman–Crippen LogP) is 4.53. The lowest BCUT2D eigenvalue weighted by Gasteiger charge is -2.08. The molecule has 4 aromatic rings. The summed E-state index contributed by atoms with van der Waals surface area (Å²) in [5.41, 5.74) is 2.43. The smallest absolute Gasteiger partial charge is 0.264 e. The minimum absolute atomic E-state index is 0.0431. The molecule has 2 heterocycles. The summed E-state index contributed by atoms with van der Waals surface area (Å²) in [4.78, 5) is 12.8. The van der Waals surface area contributed by atoms with Gasteiger partial charge in [-0.15, -0.1) is 10.2 Å². The van der Waals surface area contributed by atoms with Gasteiger partial charge in [0.15, 0.2) is 5.78 Å². The highest BCUT2D eigenvalue weighted by Crippen LogP contribution is 2.28. The van der Waals surface area contributed by atoms with Crippen LogP contribution < -0.4 is 0 Å². The number of rotatable bonds is 6. The van der Waals surface area contributed by atoms with E-state index in [1.807, 2.05) is 65.2 Å². The zero-order valence-electron chi connectivity index (χ0n) is 14.6. The second kappa shape index (κ2) is 6.96. The molecular formula is C21H19N3O2. The van der Waals surface area contributed by atoms with Gasteiger partial charge >= 0.3 is 0 Å². The van der Waals surface area contributed by atoms with Crippen LogP contribution in [0.5, 0.6) is 0 Å². The number of ketones is 1. The molecule has 0 aliphatic carbocycles. The van der Waals surface area contributed by atoms with Crippen LogP contribution in [0.3, 0.4) is 0 Å². The summed E-state index contributed by atoms with van der Waals surface area (Å²) in [5.74, 6) is 1.11. The fourth-order valence-corrected chi connectivity index (χ4v) is 3.09. The minimum atomic E-state index is 0.0431. The van der Waals surface area contributed by atoms with Gasteiger partial charge in [0.25, 0.3) is 5.89 Å². The number of aryl methyl sites for hydroxylation is 1. The quantitative estimate of drug-likeness (QED) is 0.482. The zero-order valence-corrected chi connectivity index (χ0v) is 14.6. The normalized spacial score (nSPS) is 11.1. The van der Waals surface area contributed by atoms with Gasteiger partial charge < -0.3 is 8.98 Å². The first-order valence-corrected chi connectivity index (χ1v) is 8.75. The van der Waals surface area contributed by atoms with E-state index in [2.05, 4.69) is 17.1 Å². The molecule has 0 bridgehead atoms. The molecule has 0 unspecified atom stereocenters. The number of hydrogen-bond acceptors (Lipinski definition) is 4. The third-order valence-electron chi connectivity index (χ3n) is 4.36. The molecular weight excluding hydrogens is 326 g/mol. The largest absolute Gasteiger partial charge is 0.419 e. The average molecular weight is 345 g/mol. The minimum Gasteiger partial charge on any atom is -0.419 e. The molecule has 26 heavy (non-hydrogen) atoms. The van der Waals surface area contributed by atoms with Crippen molar-refractivity contribution in [3.8, 4) is 11.6 Å². The van der Waals surface area contributed by atoms with Crippen molar-refractivity contribution in [1.29, 1.82) is 0 Å². The predicted molar refractivity (Wildman–Crippen MR) is 100.0 cm³/mol. The molecule has 5 nitrogen and oxygen atoms in total. The molecule has 0 amide bonds. The maximum Gasteiger partial charge on any atom is 0.264 e. The van der Waals surface area contributed by atoms with E-state index in [0.717, 1.165) is 29.4 Å². The van der Waals surface area contributed by atoms with Crippen LogP contribution in [0.4, 0.5) is 0 Å². The lowest BCUT2D eigenvalue weighted by atomic mass is 10.1. The van der Waals surface area contributed by atoms with Crippen molar-refractivity contribution in [2.45, 2.75) is 26.3 Å². The Kier molecular flexibility index (Phi) is 4.35. The molecule has 0 fully saturated rings. The van der Waals surface area contributed by atoms with Crippen LogP contribution in [0, 0.1) is 0 Å². The first kappa shape index (κ1) is 16.3. The second-order valence-corrected chi connectivity index (χ2v) is 6.21. The van der Waals surface area contributed by atoms with Crippen molar-refractivity contribution in [2.75, 3.05) is 0 Å². The third kappa shape index (κ3) is 3.04. The van der Waals surface area contributed by atoms with Gasteiger partial charge in [-0.05, 0) is 18.6 Å². The lowest BCUT2D eigenvalue weighted by molar-refractivity contribution is 0.0974. The molecule has 0 aliphatic heterocycles. The zero-order chi connectivity index (χ0) is 17.9. The van der Waals surface area contributed by atoms with Gasteiger partial charge in [0.05, 0.1) is 6.54 Å². The van der Waals surface area contributed by atoms with Gasteiger partial charge in [-0.1, -0.05) is 55.5 Å². The number of hydrogen-bond donors (Lipinski definition) is 0. The van der Waals surface area contributed by atoms with Crippen molar-refractivity contribution < 1.29 is 9.21 Å². The van der Waals surface area contributed by atoms with Crippen LogP contribution in [0.25, 0.3) is 22.5 Å². The Morgan fingerprint density at radius 2 is 1.81 bits per heavy atom. The second-order valence-electron chi connectivity index (χ2n) is 6.21. The number of carbonyl (C=O) groups is 1. The number of benzene rings is 2. The van der Waals surface area contributed by atoms with Crippen molar-refractivity contribution in [3.63, 3.8) is 0 Å². The summed E-state index contributed by atoms with van der Waals surface area (Å²) >= 11 is 0. The standard InChI is InChI=1S/C21H19N3O2/c1-2-8-20-22-23-21(26-20)18-13-16-11-6-7-12-17(16)24(18)14-19(25)15-9-4-3-5-10-15/h3-7,9-13H,2,8,14H2,1H3. The van der Waals surface area contributed by atoms with Crippen molar-refractivity contribution >= 4 is 16.7 Å². The molecule has 2 aromatic heterocycles. The van der Waals surface area contributed by atoms with Crippen molar-refractivity contribution in [1.82, 2.24) is 14.8 Å². The number of Topliss-reactive ketones (excluding diaryl/α,β-unsaturated/α-hetero) is 1. The van der Waals surface area contributed by atoms with Crippen LogP contribution in [0.15, 0.2) is 65.1 Å². The summed E-state index contributed by atoms with van der Waals surface area (Å²) in [7, 11) is 0. The Labute approximate surface area is 151 Å². The molecule has 4 rings (SSSR count). The van der Waals surface area contributed by atoms with E-state index in [4.69, 9.17) is 4.42 Å². The maximum absolute atomic E-state index is 12.8. The van der Waals surface area contributed by atoms with Gasteiger partial charge in [-0.25, -0.2) is 0 Å². The topological polar surface area (TPSA) is 60.9 Å². The Morgan fingerprint density at radius 1 is 1.04 bits per heavy atom. The number of carbonyl (C=O) groups excluding carboxylic acids is 1. The summed E-state index contributed by atoms with van der Waals surface area (Å²) < 4.78 is 7.77. The van der Waals surface area contributed by atoms with Gasteiger partial charge in [-0.3, -0.25) is 4.79 Å². The highest BCUT2D eigenvalue weighted by Gasteiger charge is 2.18. The monoisotopic (exact) mass is 345 g/mol. The number of para-hydroxylation sites is 1. The fourth-order valence-electron chi connectivity index (χ4n) is 3.09. The third-order valence-corrected chi connectivity index (χ3v) is 4.36. The lowest BCUT2D eigenvalue weighted by Crippen LogP contribution is -2.11. The summed E-state index contributed by atoms with van der Waals surface area (Å²) in [6.07, 6.45) is 1.69. The van der Waals surface area contributed by atoms with Gasteiger partial charge in [0.2, 0.25) is 5.89 Å². The highest BCUT2D eigenvalue weighted by atomic mass is 16.4. The molecule has 0 saturated heterocycles. The summed E-state index contributed by atoms with van der Waals surface area (Å²) in [6, 6.07) is 19.3.